The Bertz CT molecular complexity index is 809. The van der Waals surface area contributed by atoms with Crippen LogP contribution in [0.5, 0.6) is 0 Å². The van der Waals surface area contributed by atoms with Crippen molar-refractivity contribution in [2.45, 2.75) is 12.4 Å². The van der Waals surface area contributed by atoms with Crippen molar-refractivity contribution in [2.24, 2.45) is 0 Å². The molecule has 12 heteroatoms. The van der Waals surface area contributed by atoms with Gasteiger partial charge in [-0.1, -0.05) is 11.6 Å². The van der Waals surface area contributed by atoms with Crippen molar-refractivity contribution in [3.8, 4) is 5.82 Å². The number of rotatable bonds is 1. The number of H-pyrrole nitrogens is 1. The molecule has 0 radical (unpaired) electrons. The average molecular weight is 384 g/mol. The van der Waals surface area contributed by atoms with E-state index in [2.05, 4.69) is 15.2 Å². The third-order valence-corrected chi connectivity index (χ3v) is 2.94. The number of hydrogen-bond donors (Lipinski definition) is 1. The molecular formula is C13H8ClF6N5. The average Bonchev–Trinajstić information content (AvgIpc) is 3.19. The molecule has 1 N–H and O–H groups in total. The van der Waals surface area contributed by atoms with Gasteiger partial charge < -0.3 is 0 Å². The Labute approximate surface area is 141 Å². The minimum Gasteiger partial charge on any atom is -0.274 e. The fourth-order valence-electron chi connectivity index (χ4n) is 1.55. The van der Waals surface area contributed by atoms with Gasteiger partial charge in [0, 0.05) is 18.6 Å². The summed E-state index contributed by atoms with van der Waals surface area (Å²) in [5, 5.41) is 8.54. The molecule has 0 aliphatic rings. The molecule has 0 bridgehead atoms. The fourth-order valence-corrected chi connectivity index (χ4v) is 1.76. The number of nitrogens with one attached hydrogen (secondary N) is 1. The van der Waals surface area contributed by atoms with E-state index in [9.17, 15) is 26.3 Å². The van der Waals surface area contributed by atoms with E-state index in [0.29, 0.717) is 0 Å². The predicted octanol–water partition coefficient (Wildman–Crippen LogP) is 4.37. The minimum absolute atomic E-state index is 0.166. The smallest absolute Gasteiger partial charge is 0.274 e. The molecule has 3 aromatic heterocycles. The van der Waals surface area contributed by atoms with E-state index in [1.165, 1.54) is 12.3 Å². The van der Waals surface area contributed by atoms with Gasteiger partial charge in [-0.15, -0.1) is 0 Å². The van der Waals surface area contributed by atoms with Crippen molar-refractivity contribution in [1.82, 2.24) is 25.0 Å². The van der Waals surface area contributed by atoms with Gasteiger partial charge in [-0.05, 0) is 24.3 Å². The second kappa shape index (κ2) is 7.13. The molecule has 0 saturated carbocycles. The Kier molecular flexibility index (Phi) is 5.36. The molecule has 0 spiro atoms. The predicted molar refractivity (Wildman–Crippen MR) is 75.0 cm³/mol. The molecule has 0 unspecified atom stereocenters. The molecule has 25 heavy (non-hydrogen) atoms. The maximum atomic E-state index is 12.3. The van der Waals surface area contributed by atoms with Gasteiger partial charge in [0.15, 0.2) is 11.5 Å². The van der Waals surface area contributed by atoms with Crippen molar-refractivity contribution in [3.63, 3.8) is 0 Å². The Morgan fingerprint density at radius 2 is 1.68 bits per heavy atom. The van der Waals surface area contributed by atoms with Crippen molar-refractivity contribution >= 4 is 11.6 Å². The summed E-state index contributed by atoms with van der Waals surface area (Å²) in [5.41, 5.74) is -1.79. The van der Waals surface area contributed by atoms with Crippen LogP contribution in [0.4, 0.5) is 26.3 Å². The summed E-state index contributed by atoms with van der Waals surface area (Å²) in [5.74, 6) is 0.166. The molecule has 0 fully saturated rings. The number of alkyl halides is 6. The van der Waals surface area contributed by atoms with Gasteiger partial charge >= 0.3 is 12.4 Å². The maximum Gasteiger partial charge on any atom is 0.435 e. The van der Waals surface area contributed by atoms with E-state index in [0.717, 1.165) is 29.2 Å². The first kappa shape index (κ1) is 18.8. The third-order valence-electron chi connectivity index (χ3n) is 2.64. The van der Waals surface area contributed by atoms with Gasteiger partial charge in [-0.2, -0.15) is 36.5 Å². The zero-order valence-corrected chi connectivity index (χ0v) is 12.7. The largest absolute Gasteiger partial charge is 0.435 e. The molecule has 134 valence electrons. The number of hydrogen-bond acceptors (Lipinski definition) is 3. The Morgan fingerprint density at radius 3 is 2.12 bits per heavy atom. The Hall–Kier alpha value is -2.56. The fraction of sp³-hybridized carbons (Fsp3) is 0.154. The van der Waals surface area contributed by atoms with Crippen molar-refractivity contribution < 1.29 is 26.3 Å². The highest BCUT2D eigenvalue weighted by atomic mass is 35.5. The molecular weight excluding hydrogens is 376 g/mol. The zero-order valence-electron chi connectivity index (χ0n) is 12.0. The van der Waals surface area contributed by atoms with Crippen LogP contribution in [0.3, 0.4) is 0 Å². The van der Waals surface area contributed by atoms with Gasteiger partial charge in [0.25, 0.3) is 0 Å². The zero-order chi connectivity index (χ0) is 18.7. The molecule has 0 saturated heterocycles. The minimum atomic E-state index is -4.47. The van der Waals surface area contributed by atoms with E-state index in [1.54, 1.807) is 11.2 Å². The van der Waals surface area contributed by atoms with Crippen LogP contribution < -0.4 is 0 Å². The van der Waals surface area contributed by atoms with Gasteiger partial charge in [0.1, 0.15) is 5.69 Å². The second-order valence-electron chi connectivity index (χ2n) is 4.42. The van der Waals surface area contributed by atoms with E-state index in [-0.39, 0.29) is 10.8 Å². The second-order valence-corrected chi connectivity index (χ2v) is 4.83. The molecule has 3 rings (SSSR count). The van der Waals surface area contributed by atoms with E-state index < -0.39 is 23.7 Å². The standard InChI is InChI=1S/C9H5ClF3N3.C4H3F3N2/c10-6-2-1-4-14-8(6)16-5-3-7(15-16)9(11,12)13;5-4(6,7)3-1-2-8-9-3/h1-5H;1-2H,(H,8,9). The maximum absolute atomic E-state index is 12.3. The molecule has 0 atom stereocenters. The third kappa shape index (κ3) is 4.95. The highest BCUT2D eigenvalue weighted by Crippen LogP contribution is 2.28. The SMILES string of the molecule is FC(F)(F)c1ccn(-c2ncccc2Cl)n1.FC(F)(F)c1ccn[nH]1. The number of aromatic amines is 1. The van der Waals surface area contributed by atoms with Gasteiger partial charge in [-0.3, -0.25) is 5.10 Å². The van der Waals surface area contributed by atoms with Crippen LogP contribution in [0.1, 0.15) is 11.4 Å². The Morgan fingerprint density at radius 1 is 0.960 bits per heavy atom. The number of aromatic nitrogens is 5. The first-order valence-corrected chi connectivity index (χ1v) is 6.77. The van der Waals surface area contributed by atoms with Crippen LogP contribution in [0, 0.1) is 0 Å². The summed E-state index contributed by atoms with van der Waals surface area (Å²) in [7, 11) is 0. The highest BCUT2D eigenvalue weighted by Gasteiger charge is 2.34. The van der Waals surface area contributed by atoms with E-state index in [1.807, 2.05) is 0 Å². The normalized spacial score (nSPS) is 11.8. The summed E-state index contributed by atoms with van der Waals surface area (Å²) in [6.07, 6.45) is -5.11. The molecule has 0 aliphatic heterocycles. The molecule has 5 nitrogen and oxygen atoms in total. The summed E-state index contributed by atoms with van der Waals surface area (Å²) in [6, 6.07) is 4.85. The molecule has 3 heterocycles. The lowest BCUT2D eigenvalue weighted by Gasteiger charge is -2.03. The van der Waals surface area contributed by atoms with Crippen LogP contribution in [0.15, 0.2) is 42.9 Å². The van der Waals surface area contributed by atoms with Gasteiger partial charge in [0.2, 0.25) is 0 Å². The quantitative estimate of drug-likeness (QED) is 0.635. The lowest BCUT2D eigenvalue weighted by molar-refractivity contribution is -0.142. The first-order chi connectivity index (χ1) is 11.6. The number of halogens is 7. The number of nitrogens with zero attached hydrogens (tertiary/aromatic N) is 4. The summed E-state index contributed by atoms with van der Waals surface area (Å²) in [6.45, 7) is 0. The van der Waals surface area contributed by atoms with Crippen LogP contribution in [0.25, 0.3) is 5.82 Å². The summed E-state index contributed by atoms with van der Waals surface area (Å²) < 4.78 is 72.5. The molecule has 0 amide bonds. The topological polar surface area (TPSA) is 59.4 Å². The van der Waals surface area contributed by atoms with Crippen molar-refractivity contribution in [2.75, 3.05) is 0 Å². The molecule has 0 aliphatic carbocycles. The van der Waals surface area contributed by atoms with E-state index >= 15 is 0 Å². The van der Waals surface area contributed by atoms with Gasteiger partial charge in [0.05, 0.1) is 5.02 Å². The summed E-state index contributed by atoms with van der Waals surface area (Å²) in [4.78, 5) is 3.85. The lowest BCUT2D eigenvalue weighted by Crippen LogP contribution is -2.07. The lowest BCUT2D eigenvalue weighted by atomic mass is 10.4. The van der Waals surface area contributed by atoms with Crippen LogP contribution in [-0.2, 0) is 12.4 Å². The van der Waals surface area contributed by atoms with Crippen molar-refractivity contribution in [3.05, 3.63) is 59.3 Å². The first-order valence-electron chi connectivity index (χ1n) is 6.39. The van der Waals surface area contributed by atoms with Crippen molar-refractivity contribution in [1.29, 1.82) is 0 Å². The van der Waals surface area contributed by atoms with E-state index in [4.69, 9.17) is 11.6 Å². The highest BCUT2D eigenvalue weighted by molar-refractivity contribution is 6.32. The Balaban J connectivity index is 0.000000212. The summed E-state index contributed by atoms with van der Waals surface area (Å²) >= 11 is 5.78. The van der Waals surface area contributed by atoms with Crippen LogP contribution in [0.2, 0.25) is 5.02 Å². The molecule has 0 aromatic carbocycles. The number of pyridine rings is 1. The van der Waals surface area contributed by atoms with Crippen LogP contribution in [-0.4, -0.2) is 25.0 Å². The van der Waals surface area contributed by atoms with Crippen LogP contribution >= 0.6 is 11.6 Å². The monoisotopic (exact) mass is 383 g/mol. The van der Waals surface area contributed by atoms with Gasteiger partial charge in [-0.25, -0.2) is 9.67 Å². The molecule has 3 aromatic rings.